The lowest BCUT2D eigenvalue weighted by Crippen LogP contribution is -2.24. The smallest absolute Gasteiger partial charge is 0.475 e. The number of alkyl halides is 6. The van der Waals surface area contributed by atoms with Gasteiger partial charge in [0, 0.05) is 29.9 Å². The molecule has 2 aromatic heterocycles. The Labute approximate surface area is 178 Å². The molecule has 1 aromatic carbocycles. The highest BCUT2D eigenvalue weighted by Crippen LogP contribution is 2.28. The van der Waals surface area contributed by atoms with E-state index in [2.05, 4.69) is 15.4 Å². The predicted molar refractivity (Wildman–Crippen MR) is 104 cm³/mol. The van der Waals surface area contributed by atoms with Crippen molar-refractivity contribution in [1.82, 2.24) is 20.1 Å². The van der Waals surface area contributed by atoms with Crippen molar-refractivity contribution in [1.29, 1.82) is 0 Å². The normalized spacial score (nSPS) is 12.9. The van der Waals surface area contributed by atoms with E-state index in [-0.39, 0.29) is 6.04 Å². The number of fused-ring (bicyclic) bond motifs is 1. The number of aryl methyl sites for hydroxylation is 1. The van der Waals surface area contributed by atoms with Crippen molar-refractivity contribution in [2.24, 2.45) is 0 Å². The van der Waals surface area contributed by atoms with Crippen LogP contribution in [0.5, 0.6) is 0 Å². The summed E-state index contributed by atoms with van der Waals surface area (Å²) in [7, 11) is 0. The highest BCUT2D eigenvalue weighted by Gasteiger charge is 2.38. The van der Waals surface area contributed by atoms with Crippen LogP contribution in [0, 0.1) is 6.92 Å². The summed E-state index contributed by atoms with van der Waals surface area (Å²) in [5, 5.41) is 15.2. The Kier molecular flexibility index (Phi) is 7.83. The summed E-state index contributed by atoms with van der Waals surface area (Å²) in [5.41, 5.74) is 1.64. The highest BCUT2D eigenvalue weighted by molar-refractivity contribution is 5.81. The first-order valence-electron chi connectivity index (χ1n) is 9.29. The minimum Gasteiger partial charge on any atom is -0.475 e. The van der Waals surface area contributed by atoms with Crippen molar-refractivity contribution in [2.45, 2.75) is 38.8 Å². The summed E-state index contributed by atoms with van der Waals surface area (Å²) in [5.74, 6) is -2.76. The van der Waals surface area contributed by atoms with Crippen LogP contribution in [0.4, 0.5) is 26.3 Å². The number of carboxylic acid groups (broad SMARTS) is 1. The SMILES string of the molecule is Cc1cc(C(F)(F)F)nn1CCNC(C)c1cccc2cccnc12.O=C(O)C(F)(F)F. The van der Waals surface area contributed by atoms with E-state index in [1.54, 1.807) is 13.1 Å². The molecule has 6 nitrogen and oxygen atoms in total. The molecule has 0 bridgehead atoms. The van der Waals surface area contributed by atoms with Gasteiger partial charge in [-0.2, -0.15) is 31.4 Å². The number of hydrogen-bond donors (Lipinski definition) is 2. The third-order valence-electron chi connectivity index (χ3n) is 4.42. The van der Waals surface area contributed by atoms with Gasteiger partial charge in [-0.05, 0) is 31.5 Å². The Morgan fingerprint density at radius 2 is 1.78 bits per heavy atom. The minimum atomic E-state index is -5.08. The molecule has 1 atom stereocenters. The molecule has 3 aromatic rings. The number of halogens is 6. The highest BCUT2D eigenvalue weighted by atomic mass is 19.4. The van der Waals surface area contributed by atoms with Crippen LogP contribution in [0.15, 0.2) is 42.6 Å². The molecule has 0 aliphatic carbocycles. The lowest BCUT2D eigenvalue weighted by atomic mass is 10.0. The summed E-state index contributed by atoms with van der Waals surface area (Å²) < 4.78 is 71.2. The summed E-state index contributed by atoms with van der Waals surface area (Å²) in [6.45, 7) is 4.51. The largest absolute Gasteiger partial charge is 0.490 e. The van der Waals surface area contributed by atoms with Crippen LogP contribution < -0.4 is 5.32 Å². The number of benzene rings is 1. The number of carboxylic acids is 1. The molecule has 0 aliphatic rings. The van der Waals surface area contributed by atoms with E-state index in [0.29, 0.717) is 18.8 Å². The number of aromatic nitrogens is 3. The van der Waals surface area contributed by atoms with Crippen LogP contribution in [0.2, 0.25) is 0 Å². The number of para-hydroxylation sites is 1. The van der Waals surface area contributed by atoms with Crippen LogP contribution in [0.1, 0.15) is 29.9 Å². The molecule has 0 saturated carbocycles. The van der Waals surface area contributed by atoms with Crippen molar-refractivity contribution in [2.75, 3.05) is 6.54 Å². The van der Waals surface area contributed by atoms with Crippen molar-refractivity contribution in [3.8, 4) is 0 Å². The molecule has 1 unspecified atom stereocenters. The van der Waals surface area contributed by atoms with Gasteiger partial charge in [-0.1, -0.05) is 24.3 Å². The average Bonchev–Trinajstić information content (AvgIpc) is 3.08. The van der Waals surface area contributed by atoms with Gasteiger partial charge in [0.1, 0.15) is 0 Å². The van der Waals surface area contributed by atoms with Gasteiger partial charge in [-0.25, -0.2) is 4.79 Å². The Balaban J connectivity index is 0.000000451. The van der Waals surface area contributed by atoms with Crippen LogP contribution in [-0.2, 0) is 17.5 Å². The third-order valence-corrected chi connectivity index (χ3v) is 4.42. The van der Waals surface area contributed by atoms with E-state index in [9.17, 15) is 26.3 Å². The summed E-state index contributed by atoms with van der Waals surface area (Å²) in [6, 6.07) is 11.0. The van der Waals surface area contributed by atoms with Gasteiger partial charge in [0.05, 0.1) is 12.1 Å². The molecule has 0 spiro atoms. The molecule has 0 saturated heterocycles. The van der Waals surface area contributed by atoms with Gasteiger partial charge in [0.15, 0.2) is 5.69 Å². The number of hydrogen-bond acceptors (Lipinski definition) is 4. The Bertz CT molecular complexity index is 1060. The number of nitrogens with zero attached hydrogens (tertiary/aromatic N) is 3. The van der Waals surface area contributed by atoms with Crippen molar-refractivity contribution < 1.29 is 36.2 Å². The zero-order valence-electron chi connectivity index (χ0n) is 17.0. The Hall–Kier alpha value is -3.15. The summed E-state index contributed by atoms with van der Waals surface area (Å²) >= 11 is 0. The zero-order chi connectivity index (χ0) is 24.1. The van der Waals surface area contributed by atoms with E-state index in [4.69, 9.17) is 9.90 Å². The minimum absolute atomic E-state index is 0.0246. The lowest BCUT2D eigenvalue weighted by molar-refractivity contribution is -0.192. The number of carbonyl (C=O) groups is 1. The Morgan fingerprint density at radius 1 is 1.16 bits per heavy atom. The molecular weight excluding hydrogens is 442 g/mol. The Morgan fingerprint density at radius 3 is 2.34 bits per heavy atom. The number of pyridine rings is 1. The van der Waals surface area contributed by atoms with Crippen LogP contribution >= 0.6 is 0 Å². The number of aliphatic carboxylic acids is 1. The van der Waals surface area contributed by atoms with E-state index in [0.717, 1.165) is 22.5 Å². The number of nitrogens with one attached hydrogen (secondary N) is 1. The molecule has 0 fully saturated rings. The molecule has 0 amide bonds. The molecule has 32 heavy (non-hydrogen) atoms. The molecular formula is C20H20F6N4O2. The third kappa shape index (κ3) is 6.67. The van der Waals surface area contributed by atoms with E-state index in [1.807, 2.05) is 37.3 Å². The van der Waals surface area contributed by atoms with Crippen molar-refractivity contribution in [3.05, 3.63) is 59.5 Å². The van der Waals surface area contributed by atoms with Crippen molar-refractivity contribution >= 4 is 16.9 Å². The maximum atomic E-state index is 12.7. The topological polar surface area (TPSA) is 80.0 Å². The standard InChI is InChI=1S/C18H19F3N4.C2HF3O2/c1-12-11-16(18(19,20)21)24-25(12)10-9-22-13(2)15-7-3-5-14-6-4-8-23-17(14)15;3-2(4,5)1(6)7/h3-8,11,13,22H,9-10H2,1-2H3;(H,6,7). The first-order valence-corrected chi connectivity index (χ1v) is 9.29. The lowest BCUT2D eigenvalue weighted by Gasteiger charge is -2.16. The molecule has 0 radical (unpaired) electrons. The summed E-state index contributed by atoms with van der Waals surface area (Å²) in [4.78, 5) is 13.3. The van der Waals surface area contributed by atoms with Gasteiger partial charge in [0.25, 0.3) is 0 Å². The first-order chi connectivity index (χ1) is 14.8. The fraction of sp³-hybridized carbons (Fsp3) is 0.350. The second kappa shape index (κ2) is 9.98. The van der Waals surface area contributed by atoms with E-state index < -0.39 is 24.0 Å². The molecule has 0 aliphatic heterocycles. The molecule has 12 heteroatoms. The second-order valence-electron chi connectivity index (χ2n) is 6.79. The first kappa shape index (κ1) is 25.1. The van der Waals surface area contributed by atoms with Gasteiger partial charge in [0.2, 0.25) is 0 Å². The summed E-state index contributed by atoms with van der Waals surface area (Å²) in [6.07, 6.45) is -7.74. The van der Waals surface area contributed by atoms with E-state index >= 15 is 0 Å². The number of rotatable bonds is 5. The average molecular weight is 462 g/mol. The maximum Gasteiger partial charge on any atom is 0.490 e. The van der Waals surface area contributed by atoms with Crippen molar-refractivity contribution in [3.63, 3.8) is 0 Å². The van der Waals surface area contributed by atoms with Crippen LogP contribution in [0.3, 0.4) is 0 Å². The molecule has 2 heterocycles. The van der Waals surface area contributed by atoms with Crippen LogP contribution in [0.25, 0.3) is 10.9 Å². The molecule has 3 rings (SSSR count). The van der Waals surface area contributed by atoms with Gasteiger partial charge >= 0.3 is 18.3 Å². The maximum absolute atomic E-state index is 12.7. The monoisotopic (exact) mass is 462 g/mol. The van der Waals surface area contributed by atoms with E-state index in [1.165, 1.54) is 4.68 Å². The van der Waals surface area contributed by atoms with Crippen LogP contribution in [-0.4, -0.2) is 38.6 Å². The zero-order valence-corrected chi connectivity index (χ0v) is 17.0. The van der Waals surface area contributed by atoms with Gasteiger partial charge in [-0.3, -0.25) is 9.67 Å². The quantitative estimate of drug-likeness (QED) is 0.536. The fourth-order valence-electron chi connectivity index (χ4n) is 2.85. The molecule has 2 N–H and O–H groups in total. The van der Waals surface area contributed by atoms with Gasteiger partial charge in [-0.15, -0.1) is 0 Å². The molecule has 174 valence electrons. The predicted octanol–water partition coefficient (Wildman–Crippen LogP) is 4.74. The van der Waals surface area contributed by atoms with Gasteiger partial charge < -0.3 is 10.4 Å². The second-order valence-corrected chi connectivity index (χ2v) is 6.79. The fourth-order valence-corrected chi connectivity index (χ4v) is 2.85.